The molecule has 17 heavy (non-hydrogen) atoms. The van der Waals surface area contributed by atoms with E-state index in [0.717, 1.165) is 0 Å². The highest BCUT2D eigenvalue weighted by Gasteiger charge is 2.14. The zero-order valence-corrected chi connectivity index (χ0v) is 11.4. The number of aromatic nitrogens is 2. The second-order valence-electron chi connectivity index (χ2n) is 4.42. The molecule has 2 rings (SSSR count). The summed E-state index contributed by atoms with van der Waals surface area (Å²) in [5.74, 6) is 0. The Kier molecular flexibility index (Phi) is 4.24. The van der Waals surface area contributed by atoms with E-state index in [2.05, 4.69) is 55.7 Å². The Hall–Kier alpha value is -1.41. The first-order chi connectivity index (χ1) is 7.58. The van der Waals surface area contributed by atoms with Crippen LogP contribution in [0.3, 0.4) is 0 Å². The molecule has 0 radical (unpaired) electrons. The van der Waals surface area contributed by atoms with Crippen LogP contribution < -0.4 is 17.0 Å². The molecule has 0 bridgehead atoms. The van der Waals surface area contributed by atoms with E-state index in [1.165, 1.54) is 27.9 Å². The van der Waals surface area contributed by atoms with Crippen LogP contribution in [0.15, 0.2) is 30.9 Å². The Morgan fingerprint density at radius 3 is 1.82 bits per heavy atom. The SMILES string of the molecule is Cc1cc(C)c[n+](-c2c(C)cncc2C)c1.[Cl-]. The summed E-state index contributed by atoms with van der Waals surface area (Å²) in [5.41, 5.74) is 6.19. The third kappa shape index (κ3) is 2.83. The summed E-state index contributed by atoms with van der Waals surface area (Å²) in [5, 5.41) is 0. The molecule has 0 aliphatic rings. The Labute approximate surface area is 109 Å². The van der Waals surface area contributed by atoms with Crippen molar-refractivity contribution < 1.29 is 17.0 Å². The fraction of sp³-hybridized carbons (Fsp3) is 0.286. The van der Waals surface area contributed by atoms with Gasteiger partial charge in [-0.2, -0.15) is 4.57 Å². The van der Waals surface area contributed by atoms with Gasteiger partial charge in [-0.15, -0.1) is 0 Å². The van der Waals surface area contributed by atoms with Gasteiger partial charge in [-0.05, 0) is 33.8 Å². The van der Waals surface area contributed by atoms with Crippen molar-refractivity contribution in [2.75, 3.05) is 0 Å². The maximum atomic E-state index is 4.20. The van der Waals surface area contributed by atoms with Gasteiger partial charge in [0.15, 0.2) is 12.4 Å². The minimum absolute atomic E-state index is 0. The van der Waals surface area contributed by atoms with Gasteiger partial charge in [0.1, 0.15) is 0 Å². The maximum absolute atomic E-state index is 4.20. The van der Waals surface area contributed by atoms with Crippen LogP contribution in [-0.2, 0) is 0 Å². The summed E-state index contributed by atoms with van der Waals surface area (Å²) < 4.78 is 2.19. The lowest BCUT2D eigenvalue weighted by molar-refractivity contribution is -0.597. The molecular weight excluding hydrogens is 232 g/mol. The van der Waals surface area contributed by atoms with Gasteiger partial charge in [-0.3, -0.25) is 4.98 Å². The summed E-state index contributed by atoms with van der Waals surface area (Å²) in [6, 6.07) is 2.18. The van der Waals surface area contributed by atoms with Gasteiger partial charge in [0.25, 0.3) is 0 Å². The number of nitrogens with zero attached hydrogens (tertiary/aromatic N) is 2. The number of aryl methyl sites for hydroxylation is 4. The lowest BCUT2D eigenvalue weighted by Gasteiger charge is -2.04. The van der Waals surface area contributed by atoms with Crippen molar-refractivity contribution in [1.29, 1.82) is 0 Å². The first kappa shape index (κ1) is 13.7. The minimum Gasteiger partial charge on any atom is -1.00 e. The van der Waals surface area contributed by atoms with Gasteiger partial charge in [0.05, 0.1) is 0 Å². The molecular formula is C14H17ClN2. The van der Waals surface area contributed by atoms with Gasteiger partial charge in [-0.1, -0.05) is 0 Å². The third-order valence-electron chi connectivity index (χ3n) is 2.68. The van der Waals surface area contributed by atoms with Crippen LogP contribution in [0.2, 0.25) is 0 Å². The van der Waals surface area contributed by atoms with E-state index in [4.69, 9.17) is 0 Å². The molecule has 3 heteroatoms. The maximum Gasteiger partial charge on any atom is 0.219 e. The topological polar surface area (TPSA) is 16.8 Å². The number of pyridine rings is 2. The van der Waals surface area contributed by atoms with E-state index in [9.17, 15) is 0 Å². The molecule has 0 saturated heterocycles. The average Bonchev–Trinajstić information content (AvgIpc) is 2.15. The molecule has 2 heterocycles. The highest BCUT2D eigenvalue weighted by atomic mass is 35.5. The van der Waals surface area contributed by atoms with Crippen molar-refractivity contribution in [3.63, 3.8) is 0 Å². The summed E-state index contributed by atoms with van der Waals surface area (Å²) in [4.78, 5) is 4.20. The first-order valence-corrected chi connectivity index (χ1v) is 5.49. The Balaban J connectivity index is 0.00000144. The monoisotopic (exact) mass is 248 g/mol. The number of rotatable bonds is 1. The van der Waals surface area contributed by atoms with Crippen molar-refractivity contribution in [2.45, 2.75) is 27.7 Å². The average molecular weight is 249 g/mol. The van der Waals surface area contributed by atoms with E-state index in [-0.39, 0.29) is 12.4 Å². The molecule has 0 aliphatic carbocycles. The van der Waals surface area contributed by atoms with Gasteiger partial charge in [-0.25, -0.2) is 0 Å². The predicted octanol–water partition coefficient (Wildman–Crippen LogP) is -0.404. The van der Waals surface area contributed by atoms with E-state index in [0.29, 0.717) is 0 Å². The highest BCUT2D eigenvalue weighted by molar-refractivity contribution is 5.37. The molecule has 0 unspecified atom stereocenters. The van der Waals surface area contributed by atoms with E-state index < -0.39 is 0 Å². The van der Waals surface area contributed by atoms with Gasteiger partial charge in [0.2, 0.25) is 5.69 Å². The summed E-state index contributed by atoms with van der Waals surface area (Å²) in [6.07, 6.45) is 8.13. The van der Waals surface area contributed by atoms with Crippen LogP contribution >= 0.6 is 0 Å². The molecule has 90 valence electrons. The Morgan fingerprint density at radius 1 is 0.882 bits per heavy atom. The third-order valence-corrected chi connectivity index (χ3v) is 2.68. The molecule has 0 spiro atoms. The van der Waals surface area contributed by atoms with Crippen molar-refractivity contribution in [3.05, 3.63) is 53.1 Å². The quantitative estimate of drug-likeness (QED) is 0.628. The molecule has 2 aromatic heterocycles. The lowest BCUT2D eigenvalue weighted by atomic mass is 10.1. The van der Waals surface area contributed by atoms with Crippen LogP contribution in [0.5, 0.6) is 0 Å². The van der Waals surface area contributed by atoms with Gasteiger partial charge >= 0.3 is 0 Å². The van der Waals surface area contributed by atoms with Gasteiger partial charge in [0, 0.05) is 34.6 Å². The molecule has 0 fully saturated rings. The fourth-order valence-corrected chi connectivity index (χ4v) is 2.14. The molecule has 0 atom stereocenters. The smallest absolute Gasteiger partial charge is 0.219 e. The van der Waals surface area contributed by atoms with Crippen LogP contribution in [0, 0.1) is 27.7 Å². The summed E-state index contributed by atoms with van der Waals surface area (Å²) in [7, 11) is 0. The number of hydrogen-bond donors (Lipinski definition) is 0. The normalized spacial score (nSPS) is 9.88. The number of hydrogen-bond acceptors (Lipinski definition) is 1. The lowest BCUT2D eigenvalue weighted by Crippen LogP contribution is -3.00. The minimum atomic E-state index is 0. The van der Waals surface area contributed by atoms with E-state index in [1.54, 1.807) is 0 Å². The van der Waals surface area contributed by atoms with Crippen LogP contribution in [0.4, 0.5) is 0 Å². The predicted molar refractivity (Wildman–Crippen MR) is 64.7 cm³/mol. The number of halogens is 1. The van der Waals surface area contributed by atoms with Crippen molar-refractivity contribution in [1.82, 2.24) is 4.98 Å². The molecule has 2 aromatic rings. The van der Waals surface area contributed by atoms with Crippen LogP contribution in [0.25, 0.3) is 5.69 Å². The second kappa shape index (κ2) is 5.28. The Morgan fingerprint density at radius 2 is 1.35 bits per heavy atom. The Bertz CT molecular complexity index is 495. The van der Waals surface area contributed by atoms with Crippen molar-refractivity contribution in [3.8, 4) is 5.69 Å². The first-order valence-electron chi connectivity index (χ1n) is 5.49. The molecule has 0 saturated carbocycles. The largest absolute Gasteiger partial charge is 1.00 e. The van der Waals surface area contributed by atoms with Gasteiger partial charge < -0.3 is 12.4 Å². The van der Waals surface area contributed by atoms with Crippen LogP contribution in [0.1, 0.15) is 22.3 Å². The molecule has 0 aliphatic heterocycles. The zero-order valence-electron chi connectivity index (χ0n) is 10.7. The molecule has 0 N–H and O–H groups in total. The van der Waals surface area contributed by atoms with Crippen molar-refractivity contribution >= 4 is 0 Å². The second-order valence-corrected chi connectivity index (χ2v) is 4.42. The molecule has 0 amide bonds. The standard InChI is InChI=1S/C14H17N2.ClH/c1-10-5-11(2)9-16(8-10)14-12(3)6-15-7-13(14)4;/h5-9H,1-4H3;1H/q+1;/p-1. The van der Waals surface area contributed by atoms with Crippen LogP contribution in [-0.4, -0.2) is 4.98 Å². The zero-order chi connectivity index (χ0) is 11.7. The summed E-state index contributed by atoms with van der Waals surface area (Å²) >= 11 is 0. The van der Waals surface area contributed by atoms with E-state index >= 15 is 0 Å². The molecule has 2 nitrogen and oxygen atoms in total. The fourth-order valence-electron chi connectivity index (χ4n) is 2.14. The molecule has 0 aromatic carbocycles. The highest BCUT2D eigenvalue weighted by Crippen LogP contribution is 2.11. The van der Waals surface area contributed by atoms with E-state index in [1.807, 2.05) is 12.4 Å². The van der Waals surface area contributed by atoms with Crippen molar-refractivity contribution in [2.24, 2.45) is 0 Å². The summed E-state index contributed by atoms with van der Waals surface area (Å²) in [6.45, 7) is 8.44.